The van der Waals surface area contributed by atoms with Crippen LogP contribution in [0.15, 0.2) is 24.3 Å². The van der Waals surface area contributed by atoms with E-state index in [-0.39, 0.29) is 11.8 Å². The largest absolute Gasteiger partial charge is 0.371 e. The average Bonchev–Trinajstić information content (AvgIpc) is 3.25. The van der Waals surface area contributed by atoms with E-state index in [4.69, 9.17) is 0 Å². The lowest BCUT2D eigenvalue weighted by Crippen LogP contribution is -2.31. The first-order valence-electron chi connectivity index (χ1n) is 9.17. The van der Waals surface area contributed by atoms with Gasteiger partial charge in [0.05, 0.1) is 5.69 Å². The Balaban J connectivity index is 1.60. The van der Waals surface area contributed by atoms with Crippen LogP contribution in [0.5, 0.6) is 0 Å². The number of amides is 1. The van der Waals surface area contributed by atoms with E-state index in [1.165, 1.54) is 24.1 Å². The normalized spacial score (nSPS) is 15.4. The Kier molecular flexibility index (Phi) is 5.41. The molecule has 1 fully saturated rings. The molecular formula is C20H28N4O. The molecule has 1 amide bonds. The van der Waals surface area contributed by atoms with E-state index in [9.17, 15) is 4.79 Å². The Labute approximate surface area is 149 Å². The molecule has 1 saturated heterocycles. The maximum Gasteiger partial charge on any atom is 0.223 e. The number of nitrogens with zero attached hydrogens (tertiary/aromatic N) is 2. The van der Waals surface area contributed by atoms with Crippen molar-refractivity contribution >= 4 is 11.6 Å². The van der Waals surface area contributed by atoms with Crippen LogP contribution in [-0.4, -0.2) is 29.2 Å². The van der Waals surface area contributed by atoms with Gasteiger partial charge in [-0.25, -0.2) is 0 Å². The third kappa shape index (κ3) is 4.03. The lowest BCUT2D eigenvalue weighted by atomic mass is 9.99. The lowest BCUT2D eigenvalue weighted by Gasteiger charge is -2.22. The van der Waals surface area contributed by atoms with Crippen molar-refractivity contribution in [3.05, 3.63) is 46.8 Å². The molecular weight excluding hydrogens is 312 g/mol. The Bertz CT molecular complexity index is 712. The average molecular weight is 340 g/mol. The van der Waals surface area contributed by atoms with Crippen molar-refractivity contribution < 1.29 is 4.79 Å². The van der Waals surface area contributed by atoms with Crippen LogP contribution < -0.4 is 10.2 Å². The van der Waals surface area contributed by atoms with Gasteiger partial charge in [0.25, 0.3) is 0 Å². The van der Waals surface area contributed by atoms with Gasteiger partial charge >= 0.3 is 0 Å². The topological polar surface area (TPSA) is 61.0 Å². The van der Waals surface area contributed by atoms with Crippen molar-refractivity contribution in [1.29, 1.82) is 0 Å². The van der Waals surface area contributed by atoms with E-state index in [1.54, 1.807) is 0 Å². The predicted octanol–water partition coefficient (Wildman–Crippen LogP) is 3.12. The minimum atomic E-state index is -0.0750. The highest BCUT2D eigenvalue weighted by molar-refractivity contribution is 5.78. The minimum Gasteiger partial charge on any atom is -0.371 e. The number of hydrogen-bond acceptors (Lipinski definition) is 3. The van der Waals surface area contributed by atoms with Gasteiger partial charge in [-0.05, 0) is 50.3 Å². The fourth-order valence-corrected chi connectivity index (χ4v) is 3.56. The third-order valence-electron chi connectivity index (χ3n) is 5.13. The second kappa shape index (κ2) is 7.72. The van der Waals surface area contributed by atoms with Crippen LogP contribution in [0.2, 0.25) is 0 Å². The summed E-state index contributed by atoms with van der Waals surface area (Å²) in [5, 5.41) is 10.3. The van der Waals surface area contributed by atoms with Crippen LogP contribution in [0.1, 0.15) is 42.3 Å². The first-order chi connectivity index (χ1) is 12.1. The number of aromatic nitrogens is 2. The highest BCUT2D eigenvalue weighted by Gasteiger charge is 2.19. The molecule has 0 aliphatic carbocycles. The molecule has 2 N–H and O–H groups in total. The van der Waals surface area contributed by atoms with E-state index in [1.807, 2.05) is 26.8 Å². The number of H-pyrrole nitrogens is 1. The van der Waals surface area contributed by atoms with Crippen molar-refractivity contribution in [3.63, 3.8) is 0 Å². The molecule has 1 atom stereocenters. The molecule has 1 aromatic carbocycles. The Morgan fingerprint density at radius 2 is 2.00 bits per heavy atom. The number of aromatic amines is 1. The summed E-state index contributed by atoms with van der Waals surface area (Å²) in [6.07, 6.45) is 3.22. The molecule has 0 saturated carbocycles. The molecule has 1 aliphatic rings. The summed E-state index contributed by atoms with van der Waals surface area (Å²) in [5.74, 6) is 0.0187. The molecule has 134 valence electrons. The summed E-state index contributed by atoms with van der Waals surface area (Å²) in [4.78, 5) is 15.0. The summed E-state index contributed by atoms with van der Waals surface area (Å²) in [6.45, 7) is 8.77. The number of para-hydroxylation sites is 1. The molecule has 2 aromatic rings. The van der Waals surface area contributed by atoms with Gasteiger partial charge in [0.1, 0.15) is 0 Å². The smallest absolute Gasteiger partial charge is 0.223 e. The van der Waals surface area contributed by atoms with Crippen LogP contribution >= 0.6 is 0 Å². The number of carbonyl (C=O) groups excluding carboxylic acids is 1. The number of carbonyl (C=O) groups is 1. The summed E-state index contributed by atoms with van der Waals surface area (Å²) < 4.78 is 0. The Morgan fingerprint density at radius 1 is 1.28 bits per heavy atom. The highest BCUT2D eigenvalue weighted by Crippen LogP contribution is 2.24. The van der Waals surface area contributed by atoms with Crippen molar-refractivity contribution in [1.82, 2.24) is 15.5 Å². The molecule has 25 heavy (non-hydrogen) atoms. The van der Waals surface area contributed by atoms with Gasteiger partial charge in [0, 0.05) is 36.9 Å². The fourth-order valence-electron chi connectivity index (χ4n) is 3.56. The van der Waals surface area contributed by atoms with Crippen molar-refractivity contribution in [2.45, 2.75) is 46.6 Å². The SMILES string of the molecule is Cc1n[nH]c(C)c1C[C@H](C)C(=O)NCc1ccccc1N1CCCC1. The van der Waals surface area contributed by atoms with Gasteiger partial charge in [-0.2, -0.15) is 5.10 Å². The predicted molar refractivity (Wildman–Crippen MR) is 101 cm³/mol. The summed E-state index contributed by atoms with van der Waals surface area (Å²) in [6, 6.07) is 8.39. The van der Waals surface area contributed by atoms with E-state index in [2.05, 4.69) is 38.6 Å². The quantitative estimate of drug-likeness (QED) is 0.849. The number of nitrogens with one attached hydrogen (secondary N) is 2. The second-order valence-corrected chi connectivity index (χ2v) is 7.06. The van der Waals surface area contributed by atoms with E-state index in [0.717, 1.165) is 30.0 Å². The molecule has 0 spiro atoms. The molecule has 1 aromatic heterocycles. The molecule has 0 unspecified atom stereocenters. The zero-order valence-electron chi connectivity index (χ0n) is 15.4. The third-order valence-corrected chi connectivity index (χ3v) is 5.13. The molecule has 5 heteroatoms. The number of hydrogen-bond donors (Lipinski definition) is 2. The second-order valence-electron chi connectivity index (χ2n) is 7.06. The van der Waals surface area contributed by atoms with Gasteiger partial charge in [0.2, 0.25) is 5.91 Å². The zero-order valence-corrected chi connectivity index (χ0v) is 15.4. The zero-order chi connectivity index (χ0) is 17.8. The van der Waals surface area contributed by atoms with Crippen molar-refractivity contribution in [2.24, 2.45) is 5.92 Å². The lowest BCUT2D eigenvalue weighted by molar-refractivity contribution is -0.124. The van der Waals surface area contributed by atoms with E-state index in [0.29, 0.717) is 13.0 Å². The van der Waals surface area contributed by atoms with Gasteiger partial charge in [0.15, 0.2) is 0 Å². The van der Waals surface area contributed by atoms with Crippen LogP contribution in [0, 0.1) is 19.8 Å². The standard InChI is InChI=1S/C20H28N4O/c1-14(12-18-15(2)22-23-16(18)3)20(25)21-13-17-8-4-5-9-19(17)24-10-6-7-11-24/h4-5,8-9,14H,6-7,10-13H2,1-3H3,(H,21,25)(H,22,23)/t14-/m0/s1. The summed E-state index contributed by atoms with van der Waals surface area (Å²) >= 11 is 0. The number of aryl methyl sites for hydroxylation is 2. The van der Waals surface area contributed by atoms with Crippen LogP contribution in [0.25, 0.3) is 0 Å². The van der Waals surface area contributed by atoms with Gasteiger partial charge < -0.3 is 10.2 Å². The first kappa shape index (κ1) is 17.5. The Morgan fingerprint density at radius 3 is 2.68 bits per heavy atom. The monoisotopic (exact) mass is 340 g/mol. The van der Waals surface area contributed by atoms with Gasteiger partial charge in [-0.3, -0.25) is 9.89 Å². The van der Waals surface area contributed by atoms with Crippen LogP contribution in [-0.2, 0) is 17.8 Å². The molecule has 2 heterocycles. The molecule has 0 radical (unpaired) electrons. The van der Waals surface area contributed by atoms with Crippen LogP contribution in [0.3, 0.4) is 0 Å². The molecule has 3 rings (SSSR count). The highest BCUT2D eigenvalue weighted by atomic mass is 16.1. The maximum absolute atomic E-state index is 12.5. The van der Waals surface area contributed by atoms with E-state index >= 15 is 0 Å². The fraction of sp³-hybridized carbons (Fsp3) is 0.500. The maximum atomic E-state index is 12.5. The number of rotatable bonds is 6. The van der Waals surface area contributed by atoms with Gasteiger partial charge in [-0.15, -0.1) is 0 Å². The minimum absolute atomic E-state index is 0.0750. The summed E-state index contributed by atoms with van der Waals surface area (Å²) in [5.41, 5.74) is 5.64. The number of anilines is 1. The molecule has 5 nitrogen and oxygen atoms in total. The van der Waals surface area contributed by atoms with E-state index < -0.39 is 0 Å². The Hall–Kier alpha value is -2.30. The van der Waals surface area contributed by atoms with Crippen molar-refractivity contribution in [3.8, 4) is 0 Å². The summed E-state index contributed by atoms with van der Waals surface area (Å²) in [7, 11) is 0. The molecule has 1 aliphatic heterocycles. The van der Waals surface area contributed by atoms with Crippen LogP contribution in [0.4, 0.5) is 5.69 Å². The van der Waals surface area contributed by atoms with Crippen molar-refractivity contribution in [2.75, 3.05) is 18.0 Å². The molecule has 0 bridgehead atoms. The first-order valence-corrected chi connectivity index (χ1v) is 9.17. The van der Waals surface area contributed by atoms with Gasteiger partial charge in [-0.1, -0.05) is 25.1 Å². The number of benzene rings is 1.